The zero-order chi connectivity index (χ0) is 9.03. The van der Waals surface area contributed by atoms with Crippen LogP contribution in [0.3, 0.4) is 0 Å². The van der Waals surface area contributed by atoms with Crippen LogP contribution in [-0.4, -0.2) is 16.5 Å². The first kappa shape index (κ1) is 9.46. The van der Waals surface area contributed by atoms with Gasteiger partial charge in [0.05, 0.1) is 0 Å². The molecule has 0 spiro atoms. The Morgan fingerprint density at radius 1 is 1.33 bits per heavy atom. The molecule has 1 aliphatic carbocycles. The van der Waals surface area contributed by atoms with Gasteiger partial charge in [-0.25, -0.2) is 0 Å². The van der Waals surface area contributed by atoms with Crippen LogP contribution in [0.5, 0.6) is 0 Å². The summed E-state index contributed by atoms with van der Waals surface area (Å²) < 4.78 is 0. The number of hydrogen-bond donors (Lipinski definition) is 1. The molecule has 0 unspecified atom stereocenters. The minimum absolute atomic E-state index is 0.121. The largest absolute Gasteiger partial charge is 0.382 e. The fourth-order valence-corrected chi connectivity index (χ4v) is 1.69. The van der Waals surface area contributed by atoms with Crippen molar-refractivity contribution < 1.29 is 9.90 Å². The fraction of sp³-hybridized carbons (Fsp3) is 0.700. The molecule has 1 saturated carbocycles. The van der Waals surface area contributed by atoms with Crippen molar-refractivity contribution in [1.29, 1.82) is 0 Å². The molecular formula is C10H16O2. The molecule has 1 rings (SSSR count). The van der Waals surface area contributed by atoms with Crippen LogP contribution in [0.4, 0.5) is 0 Å². The van der Waals surface area contributed by atoms with Crippen molar-refractivity contribution in [3.8, 4) is 0 Å². The average Bonchev–Trinajstić information content (AvgIpc) is 2.06. The van der Waals surface area contributed by atoms with Crippen molar-refractivity contribution in [2.45, 2.75) is 44.6 Å². The van der Waals surface area contributed by atoms with E-state index < -0.39 is 5.60 Å². The Bertz CT molecular complexity index is 188. The van der Waals surface area contributed by atoms with E-state index in [0.717, 1.165) is 19.3 Å². The van der Waals surface area contributed by atoms with Gasteiger partial charge in [0.1, 0.15) is 5.60 Å². The molecule has 0 bridgehead atoms. The van der Waals surface area contributed by atoms with Gasteiger partial charge in [0.25, 0.3) is 0 Å². The monoisotopic (exact) mass is 168 g/mol. The quantitative estimate of drug-likeness (QED) is 0.639. The number of aliphatic hydroxyl groups is 1. The van der Waals surface area contributed by atoms with E-state index in [1.54, 1.807) is 13.0 Å². The van der Waals surface area contributed by atoms with Gasteiger partial charge in [0, 0.05) is 0 Å². The Labute approximate surface area is 73.3 Å². The Morgan fingerprint density at radius 3 is 2.42 bits per heavy atom. The molecule has 68 valence electrons. The van der Waals surface area contributed by atoms with Crippen LogP contribution in [0.25, 0.3) is 0 Å². The van der Waals surface area contributed by atoms with Crippen molar-refractivity contribution in [3.63, 3.8) is 0 Å². The zero-order valence-electron chi connectivity index (χ0n) is 7.55. The number of carbonyl (C=O) groups is 1. The topological polar surface area (TPSA) is 37.3 Å². The molecule has 0 aromatic rings. The van der Waals surface area contributed by atoms with Crippen LogP contribution in [0.1, 0.15) is 39.0 Å². The summed E-state index contributed by atoms with van der Waals surface area (Å²) in [6.45, 7) is 1.80. The van der Waals surface area contributed by atoms with E-state index in [2.05, 4.69) is 0 Å². The van der Waals surface area contributed by atoms with Gasteiger partial charge in [-0.3, -0.25) is 4.79 Å². The third-order valence-corrected chi connectivity index (χ3v) is 2.46. The molecule has 2 nitrogen and oxygen atoms in total. The van der Waals surface area contributed by atoms with E-state index >= 15 is 0 Å². The SMILES string of the molecule is CC=CC(=O)C1(O)CCCCC1. The standard InChI is InChI=1S/C10H16O2/c1-2-6-9(11)10(12)7-4-3-5-8-10/h2,6,12H,3-5,7-8H2,1H3. The molecule has 0 aromatic heterocycles. The molecule has 1 aliphatic rings. The predicted molar refractivity (Wildman–Crippen MR) is 47.9 cm³/mol. The van der Waals surface area contributed by atoms with Gasteiger partial charge in [0.15, 0.2) is 5.78 Å². The molecule has 0 radical (unpaired) electrons. The summed E-state index contributed by atoms with van der Waals surface area (Å²) in [6, 6.07) is 0. The second-order valence-electron chi connectivity index (χ2n) is 3.46. The van der Waals surface area contributed by atoms with E-state index in [1.165, 1.54) is 6.08 Å². The van der Waals surface area contributed by atoms with Crippen molar-refractivity contribution in [2.75, 3.05) is 0 Å². The lowest BCUT2D eigenvalue weighted by Crippen LogP contribution is -2.39. The number of hydrogen-bond acceptors (Lipinski definition) is 2. The Hall–Kier alpha value is -0.630. The molecule has 2 heteroatoms. The van der Waals surface area contributed by atoms with E-state index in [-0.39, 0.29) is 5.78 Å². The third kappa shape index (κ3) is 1.95. The normalized spacial score (nSPS) is 22.8. The maximum atomic E-state index is 11.4. The molecule has 1 N–H and O–H groups in total. The van der Waals surface area contributed by atoms with Gasteiger partial charge in [0.2, 0.25) is 0 Å². The van der Waals surface area contributed by atoms with Gasteiger partial charge in [-0.15, -0.1) is 0 Å². The van der Waals surface area contributed by atoms with Gasteiger partial charge >= 0.3 is 0 Å². The van der Waals surface area contributed by atoms with Crippen molar-refractivity contribution >= 4 is 5.78 Å². The molecule has 0 heterocycles. The van der Waals surface area contributed by atoms with Crippen LogP contribution in [0.15, 0.2) is 12.2 Å². The fourth-order valence-electron chi connectivity index (χ4n) is 1.69. The van der Waals surface area contributed by atoms with E-state index in [1.807, 2.05) is 0 Å². The van der Waals surface area contributed by atoms with Crippen LogP contribution >= 0.6 is 0 Å². The molecule has 0 aliphatic heterocycles. The highest BCUT2D eigenvalue weighted by molar-refractivity contribution is 5.96. The summed E-state index contributed by atoms with van der Waals surface area (Å²) in [4.78, 5) is 11.4. The van der Waals surface area contributed by atoms with Crippen LogP contribution in [0.2, 0.25) is 0 Å². The van der Waals surface area contributed by atoms with E-state index in [4.69, 9.17) is 0 Å². The Kier molecular flexibility index (Phi) is 3.04. The van der Waals surface area contributed by atoms with Gasteiger partial charge in [-0.1, -0.05) is 25.3 Å². The van der Waals surface area contributed by atoms with Gasteiger partial charge < -0.3 is 5.11 Å². The third-order valence-electron chi connectivity index (χ3n) is 2.46. The number of rotatable bonds is 2. The molecule has 0 saturated heterocycles. The lowest BCUT2D eigenvalue weighted by molar-refractivity contribution is -0.135. The first-order valence-electron chi connectivity index (χ1n) is 4.58. The lowest BCUT2D eigenvalue weighted by Gasteiger charge is -2.29. The summed E-state index contributed by atoms with van der Waals surface area (Å²) in [5, 5.41) is 9.87. The second-order valence-corrected chi connectivity index (χ2v) is 3.46. The first-order valence-corrected chi connectivity index (χ1v) is 4.58. The van der Waals surface area contributed by atoms with E-state index in [9.17, 15) is 9.90 Å². The lowest BCUT2D eigenvalue weighted by atomic mass is 9.81. The number of ketones is 1. The molecular weight excluding hydrogens is 152 g/mol. The molecule has 12 heavy (non-hydrogen) atoms. The minimum atomic E-state index is -1.04. The van der Waals surface area contributed by atoms with Gasteiger partial charge in [-0.2, -0.15) is 0 Å². The minimum Gasteiger partial charge on any atom is -0.382 e. The number of allylic oxidation sites excluding steroid dienone is 1. The van der Waals surface area contributed by atoms with Crippen molar-refractivity contribution in [1.82, 2.24) is 0 Å². The summed E-state index contributed by atoms with van der Waals surface area (Å²) in [5.74, 6) is -0.121. The maximum Gasteiger partial charge on any atom is 0.186 e. The Morgan fingerprint density at radius 2 is 1.92 bits per heavy atom. The molecule has 0 amide bonds. The first-order chi connectivity index (χ1) is 5.69. The zero-order valence-corrected chi connectivity index (χ0v) is 7.55. The molecule has 1 fully saturated rings. The van der Waals surface area contributed by atoms with E-state index in [0.29, 0.717) is 12.8 Å². The van der Waals surface area contributed by atoms with Crippen LogP contribution in [0, 0.1) is 0 Å². The summed E-state index contributed by atoms with van der Waals surface area (Å²) in [5.41, 5.74) is -1.04. The number of carbonyl (C=O) groups excluding carboxylic acids is 1. The highest BCUT2D eigenvalue weighted by Gasteiger charge is 2.34. The highest BCUT2D eigenvalue weighted by atomic mass is 16.3. The Balaban J connectivity index is 2.62. The maximum absolute atomic E-state index is 11.4. The molecule has 0 aromatic carbocycles. The average molecular weight is 168 g/mol. The van der Waals surface area contributed by atoms with Crippen molar-refractivity contribution in [2.24, 2.45) is 0 Å². The summed E-state index contributed by atoms with van der Waals surface area (Å²) in [7, 11) is 0. The van der Waals surface area contributed by atoms with Gasteiger partial charge in [-0.05, 0) is 25.8 Å². The smallest absolute Gasteiger partial charge is 0.186 e. The van der Waals surface area contributed by atoms with Crippen LogP contribution < -0.4 is 0 Å². The molecule has 0 atom stereocenters. The summed E-state index contributed by atoms with van der Waals surface area (Å²) in [6.07, 6.45) is 7.53. The predicted octanol–water partition coefficient (Wildman–Crippen LogP) is 1.83. The summed E-state index contributed by atoms with van der Waals surface area (Å²) >= 11 is 0. The second kappa shape index (κ2) is 3.85. The highest BCUT2D eigenvalue weighted by Crippen LogP contribution is 2.28. The van der Waals surface area contributed by atoms with Crippen molar-refractivity contribution in [3.05, 3.63) is 12.2 Å². The van der Waals surface area contributed by atoms with Crippen LogP contribution in [-0.2, 0) is 4.79 Å².